The van der Waals surface area contributed by atoms with Crippen LogP contribution in [0.3, 0.4) is 0 Å². The zero-order valence-corrected chi connectivity index (χ0v) is 11.5. The number of imidazole rings is 1. The van der Waals surface area contributed by atoms with Crippen molar-refractivity contribution in [3.05, 3.63) is 47.8 Å². The van der Waals surface area contributed by atoms with E-state index < -0.39 is 0 Å². The molecule has 1 heterocycles. The van der Waals surface area contributed by atoms with Crippen LogP contribution >= 0.6 is 0 Å². The lowest BCUT2D eigenvalue weighted by molar-refractivity contribution is 0.629. The summed E-state index contributed by atoms with van der Waals surface area (Å²) in [6.45, 7) is 4.79. The number of nitrogen functional groups attached to an aromatic ring is 1. The molecule has 1 aromatic heterocycles. The van der Waals surface area contributed by atoms with E-state index >= 15 is 0 Å². The van der Waals surface area contributed by atoms with Crippen molar-refractivity contribution in [1.29, 1.82) is 0 Å². The molecule has 0 unspecified atom stereocenters. The molecule has 0 amide bonds. The first-order valence-corrected chi connectivity index (χ1v) is 6.62. The molecule has 102 valence electrons. The maximum Gasteiger partial charge on any atom is 0.141 e. The third kappa shape index (κ3) is 1.93. The number of hydrogen-bond acceptors (Lipinski definition) is 2. The molecule has 0 atom stereocenters. The Bertz CT molecular complexity index is 790. The minimum atomic E-state index is -0.270. The van der Waals surface area contributed by atoms with E-state index in [1.54, 1.807) is 6.07 Å². The van der Waals surface area contributed by atoms with E-state index in [0.29, 0.717) is 5.52 Å². The van der Waals surface area contributed by atoms with Crippen molar-refractivity contribution in [2.45, 2.75) is 20.4 Å². The topological polar surface area (TPSA) is 43.8 Å². The average molecular weight is 269 g/mol. The van der Waals surface area contributed by atoms with Crippen LogP contribution in [0.2, 0.25) is 0 Å². The zero-order chi connectivity index (χ0) is 14.3. The van der Waals surface area contributed by atoms with Gasteiger partial charge in [0.1, 0.15) is 11.6 Å². The van der Waals surface area contributed by atoms with Crippen LogP contribution in [0.1, 0.15) is 12.5 Å². The monoisotopic (exact) mass is 269 g/mol. The van der Waals surface area contributed by atoms with Gasteiger partial charge < -0.3 is 10.3 Å². The fourth-order valence-corrected chi connectivity index (χ4v) is 2.42. The van der Waals surface area contributed by atoms with Crippen LogP contribution in [0, 0.1) is 12.7 Å². The van der Waals surface area contributed by atoms with Crippen molar-refractivity contribution >= 4 is 16.7 Å². The lowest BCUT2D eigenvalue weighted by atomic mass is 10.1. The standard InChI is InChI=1S/C16H16FN3/c1-3-20-15-7-6-12(17)9-14(15)19-16(20)11-5-4-10(2)13(18)8-11/h4-9H,3,18H2,1-2H3. The molecular formula is C16H16FN3. The van der Waals surface area contributed by atoms with E-state index in [4.69, 9.17) is 5.73 Å². The number of benzene rings is 2. The molecule has 0 fully saturated rings. The first-order valence-electron chi connectivity index (χ1n) is 6.62. The van der Waals surface area contributed by atoms with Crippen molar-refractivity contribution in [2.24, 2.45) is 0 Å². The van der Waals surface area contributed by atoms with E-state index in [0.717, 1.165) is 34.7 Å². The summed E-state index contributed by atoms with van der Waals surface area (Å²) in [5.41, 5.74) is 10.3. The smallest absolute Gasteiger partial charge is 0.141 e. The highest BCUT2D eigenvalue weighted by Gasteiger charge is 2.12. The number of aryl methyl sites for hydroxylation is 2. The van der Waals surface area contributed by atoms with Gasteiger partial charge in [-0.3, -0.25) is 0 Å². The van der Waals surface area contributed by atoms with E-state index in [2.05, 4.69) is 9.55 Å². The van der Waals surface area contributed by atoms with Gasteiger partial charge in [-0.2, -0.15) is 0 Å². The highest BCUT2D eigenvalue weighted by atomic mass is 19.1. The molecule has 4 heteroatoms. The summed E-state index contributed by atoms with van der Waals surface area (Å²) >= 11 is 0. The van der Waals surface area contributed by atoms with Gasteiger partial charge in [0.15, 0.2) is 0 Å². The molecule has 0 aliphatic carbocycles. The van der Waals surface area contributed by atoms with Crippen LogP contribution in [-0.4, -0.2) is 9.55 Å². The molecule has 0 saturated heterocycles. The number of halogens is 1. The van der Waals surface area contributed by atoms with Crippen LogP contribution < -0.4 is 5.73 Å². The van der Waals surface area contributed by atoms with Crippen LogP contribution in [0.15, 0.2) is 36.4 Å². The number of nitrogens with zero attached hydrogens (tertiary/aromatic N) is 2. The maximum absolute atomic E-state index is 13.3. The number of nitrogens with two attached hydrogens (primary N) is 1. The first-order chi connectivity index (χ1) is 9.60. The number of hydrogen-bond donors (Lipinski definition) is 1. The first kappa shape index (κ1) is 12.7. The van der Waals surface area contributed by atoms with Crippen LogP contribution in [-0.2, 0) is 6.54 Å². The Hall–Kier alpha value is -2.36. The summed E-state index contributed by atoms with van der Waals surface area (Å²) < 4.78 is 15.4. The van der Waals surface area contributed by atoms with Crippen LogP contribution in [0.25, 0.3) is 22.4 Å². The van der Waals surface area contributed by atoms with Gasteiger partial charge in [-0.25, -0.2) is 9.37 Å². The fourth-order valence-electron chi connectivity index (χ4n) is 2.42. The van der Waals surface area contributed by atoms with Gasteiger partial charge >= 0.3 is 0 Å². The van der Waals surface area contributed by atoms with Gasteiger partial charge in [0.25, 0.3) is 0 Å². The normalized spacial score (nSPS) is 11.2. The lowest BCUT2D eigenvalue weighted by Crippen LogP contribution is -1.98. The van der Waals surface area contributed by atoms with Crippen molar-refractivity contribution in [3.8, 4) is 11.4 Å². The van der Waals surface area contributed by atoms with Crippen LogP contribution in [0.5, 0.6) is 0 Å². The summed E-state index contributed by atoms with van der Waals surface area (Å²) in [5, 5.41) is 0. The van der Waals surface area contributed by atoms with Gasteiger partial charge in [-0.1, -0.05) is 12.1 Å². The molecule has 3 nitrogen and oxygen atoms in total. The molecule has 0 spiro atoms. The van der Waals surface area contributed by atoms with Crippen molar-refractivity contribution < 1.29 is 4.39 Å². The predicted octanol–water partition coefficient (Wildman–Crippen LogP) is 3.75. The molecule has 0 bridgehead atoms. The van der Waals surface area contributed by atoms with E-state index in [9.17, 15) is 4.39 Å². The fraction of sp³-hybridized carbons (Fsp3) is 0.188. The van der Waals surface area contributed by atoms with Gasteiger partial charge in [-0.15, -0.1) is 0 Å². The molecule has 3 aromatic rings. The number of rotatable bonds is 2. The van der Waals surface area contributed by atoms with Crippen molar-refractivity contribution in [1.82, 2.24) is 9.55 Å². The molecule has 0 aliphatic heterocycles. The molecule has 2 aromatic carbocycles. The Kier molecular flexibility index (Phi) is 2.93. The third-order valence-electron chi connectivity index (χ3n) is 3.56. The zero-order valence-electron chi connectivity index (χ0n) is 11.5. The summed E-state index contributed by atoms with van der Waals surface area (Å²) in [6.07, 6.45) is 0. The summed E-state index contributed by atoms with van der Waals surface area (Å²) in [5.74, 6) is 0.549. The second-order valence-electron chi connectivity index (χ2n) is 4.88. The summed E-state index contributed by atoms with van der Waals surface area (Å²) in [6, 6.07) is 10.6. The molecule has 0 radical (unpaired) electrons. The molecule has 20 heavy (non-hydrogen) atoms. The summed E-state index contributed by atoms with van der Waals surface area (Å²) in [4.78, 5) is 4.55. The largest absolute Gasteiger partial charge is 0.398 e. The number of aromatic nitrogens is 2. The second kappa shape index (κ2) is 4.63. The van der Waals surface area contributed by atoms with Gasteiger partial charge in [0.05, 0.1) is 11.0 Å². The van der Waals surface area contributed by atoms with Gasteiger partial charge in [0.2, 0.25) is 0 Å². The quantitative estimate of drug-likeness (QED) is 0.720. The van der Waals surface area contributed by atoms with E-state index in [1.807, 2.05) is 32.0 Å². The average Bonchev–Trinajstić information content (AvgIpc) is 2.79. The lowest BCUT2D eigenvalue weighted by Gasteiger charge is -2.08. The van der Waals surface area contributed by atoms with E-state index in [1.165, 1.54) is 12.1 Å². The number of fused-ring (bicyclic) bond motifs is 1. The Balaban J connectivity index is 2.26. The Morgan fingerprint density at radius 1 is 1.20 bits per heavy atom. The SMILES string of the molecule is CCn1c(-c2ccc(C)c(N)c2)nc2cc(F)ccc21. The highest BCUT2D eigenvalue weighted by Crippen LogP contribution is 2.27. The highest BCUT2D eigenvalue weighted by molar-refractivity contribution is 5.81. The molecule has 2 N–H and O–H groups in total. The minimum Gasteiger partial charge on any atom is -0.398 e. The van der Waals surface area contributed by atoms with Gasteiger partial charge in [-0.05, 0) is 37.6 Å². The van der Waals surface area contributed by atoms with E-state index in [-0.39, 0.29) is 5.82 Å². The van der Waals surface area contributed by atoms with Crippen molar-refractivity contribution in [3.63, 3.8) is 0 Å². The van der Waals surface area contributed by atoms with Crippen LogP contribution in [0.4, 0.5) is 10.1 Å². The molecule has 0 aliphatic rings. The molecular weight excluding hydrogens is 253 g/mol. The van der Waals surface area contributed by atoms with Gasteiger partial charge in [0, 0.05) is 23.9 Å². The van der Waals surface area contributed by atoms with Crippen molar-refractivity contribution in [2.75, 3.05) is 5.73 Å². The molecule has 3 rings (SSSR count). The maximum atomic E-state index is 13.3. The summed E-state index contributed by atoms with van der Waals surface area (Å²) in [7, 11) is 0. The minimum absolute atomic E-state index is 0.270. The third-order valence-corrected chi connectivity index (χ3v) is 3.56. The number of anilines is 1. The predicted molar refractivity (Wildman–Crippen MR) is 80.0 cm³/mol. The second-order valence-corrected chi connectivity index (χ2v) is 4.88. The Labute approximate surface area is 116 Å². The Morgan fingerprint density at radius 2 is 2.00 bits per heavy atom. The molecule has 0 saturated carbocycles. The Morgan fingerprint density at radius 3 is 2.70 bits per heavy atom.